The normalized spacial score (nSPS) is 9.65. The van der Waals surface area contributed by atoms with Crippen molar-refractivity contribution in [3.8, 4) is 6.07 Å². The lowest BCUT2D eigenvalue weighted by Gasteiger charge is -2.06. The summed E-state index contributed by atoms with van der Waals surface area (Å²) in [5.74, 6) is -0.198. The van der Waals surface area contributed by atoms with Crippen molar-refractivity contribution in [3.63, 3.8) is 0 Å². The number of hydrogen-bond donors (Lipinski definition) is 1. The van der Waals surface area contributed by atoms with Crippen molar-refractivity contribution < 1.29 is 9.53 Å². The molecular weight excluding hydrogens is 216 g/mol. The van der Waals surface area contributed by atoms with Crippen LogP contribution < -0.4 is 5.32 Å². The lowest BCUT2D eigenvalue weighted by Crippen LogP contribution is -2.18. The summed E-state index contributed by atoms with van der Waals surface area (Å²) in [5, 5.41) is 11.4. The third-order valence-corrected chi connectivity index (χ3v) is 2.15. The zero-order chi connectivity index (χ0) is 12.5. The zero-order valence-electron chi connectivity index (χ0n) is 9.90. The number of hydrogen-bond acceptors (Lipinski definition) is 3. The molecule has 0 atom stereocenters. The van der Waals surface area contributed by atoms with Gasteiger partial charge in [-0.2, -0.15) is 5.26 Å². The molecule has 17 heavy (non-hydrogen) atoms. The largest absolute Gasteiger partial charge is 0.372 e. The molecule has 0 unspecified atom stereocenters. The predicted molar refractivity (Wildman–Crippen MR) is 65.5 cm³/mol. The molecule has 0 heterocycles. The molecule has 1 aromatic rings. The monoisotopic (exact) mass is 232 g/mol. The highest BCUT2D eigenvalue weighted by Gasteiger charge is 2.02. The average molecular weight is 232 g/mol. The first-order valence-corrected chi connectivity index (χ1v) is 5.64. The number of nitriles is 1. The maximum Gasteiger partial charge on any atom is 0.250 e. The van der Waals surface area contributed by atoms with Gasteiger partial charge in [-0.1, -0.05) is 19.4 Å². The van der Waals surface area contributed by atoms with Gasteiger partial charge in [0.25, 0.3) is 0 Å². The van der Waals surface area contributed by atoms with E-state index in [9.17, 15) is 4.79 Å². The quantitative estimate of drug-likeness (QED) is 0.765. The Bertz CT molecular complexity index is 410. The second-order valence-corrected chi connectivity index (χ2v) is 3.65. The minimum absolute atomic E-state index is 0.0524. The van der Waals surface area contributed by atoms with Crippen LogP contribution in [-0.2, 0) is 9.53 Å². The molecule has 0 spiro atoms. The third-order valence-electron chi connectivity index (χ3n) is 2.15. The Morgan fingerprint density at radius 1 is 1.53 bits per heavy atom. The molecule has 0 aromatic heterocycles. The van der Waals surface area contributed by atoms with E-state index in [4.69, 9.17) is 10.00 Å². The van der Waals surface area contributed by atoms with Crippen LogP contribution in [0.5, 0.6) is 0 Å². The van der Waals surface area contributed by atoms with Crippen molar-refractivity contribution in [2.75, 3.05) is 18.5 Å². The summed E-state index contributed by atoms with van der Waals surface area (Å²) in [6, 6.07) is 8.80. The molecule has 0 saturated heterocycles. The van der Waals surface area contributed by atoms with Gasteiger partial charge in [-0.3, -0.25) is 4.79 Å². The Kier molecular flexibility index (Phi) is 5.76. The first-order valence-electron chi connectivity index (χ1n) is 5.64. The van der Waals surface area contributed by atoms with Crippen LogP contribution in [0.15, 0.2) is 24.3 Å². The molecule has 0 aliphatic carbocycles. The van der Waals surface area contributed by atoms with Crippen LogP contribution in [-0.4, -0.2) is 19.1 Å². The van der Waals surface area contributed by atoms with Crippen molar-refractivity contribution in [3.05, 3.63) is 29.8 Å². The van der Waals surface area contributed by atoms with E-state index in [1.54, 1.807) is 24.3 Å². The van der Waals surface area contributed by atoms with E-state index in [1.807, 2.05) is 6.07 Å². The van der Waals surface area contributed by atoms with E-state index in [2.05, 4.69) is 12.2 Å². The molecule has 1 aromatic carbocycles. The fourth-order valence-corrected chi connectivity index (χ4v) is 1.27. The molecule has 90 valence electrons. The lowest BCUT2D eigenvalue weighted by molar-refractivity contribution is -0.120. The SMILES string of the molecule is CCCCOCC(=O)Nc1cccc(C#N)c1. The summed E-state index contributed by atoms with van der Waals surface area (Å²) < 4.78 is 5.19. The Labute approximate surface area is 101 Å². The molecule has 0 saturated carbocycles. The molecule has 0 bridgehead atoms. The Balaban J connectivity index is 2.37. The van der Waals surface area contributed by atoms with Crippen molar-refractivity contribution in [1.82, 2.24) is 0 Å². The summed E-state index contributed by atoms with van der Waals surface area (Å²) >= 11 is 0. The number of anilines is 1. The number of amides is 1. The van der Waals surface area contributed by atoms with Crippen LogP contribution in [0.1, 0.15) is 25.3 Å². The van der Waals surface area contributed by atoms with Gasteiger partial charge in [0.15, 0.2) is 0 Å². The van der Waals surface area contributed by atoms with Gasteiger partial charge in [0, 0.05) is 12.3 Å². The van der Waals surface area contributed by atoms with Gasteiger partial charge >= 0.3 is 0 Å². The van der Waals surface area contributed by atoms with Gasteiger partial charge < -0.3 is 10.1 Å². The summed E-state index contributed by atoms with van der Waals surface area (Å²) in [4.78, 5) is 11.5. The smallest absolute Gasteiger partial charge is 0.250 e. The van der Waals surface area contributed by atoms with Crippen LogP contribution in [0.25, 0.3) is 0 Å². The summed E-state index contributed by atoms with van der Waals surface area (Å²) in [5.41, 5.74) is 1.14. The summed E-state index contributed by atoms with van der Waals surface area (Å²) in [7, 11) is 0. The van der Waals surface area contributed by atoms with Crippen LogP contribution in [0.4, 0.5) is 5.69 Å². The van der Waals surface area contributed by atoms with E-state index in [0.717, 1.165) is 12.8 Å². The summed E-state index contributed by atoms with van der Waals surface area (Å²) in [6.07, 6.45) is 2.00. The highest BCUT2D eigenvalue weighted by molar-refractivity contribution is 5.91. The van der Waals surface area contributed by atoms with Crippen LogP contribution in [0, 0.1) is 11.3 Å². The standard InChI is InChI=1S/C13H16N2O2/c1-2-3-7-17-10-13(16)15-12-6-4-5-11(8-12)9-14/h4-6,8H,2-3,7,10H2,1H3,(H,15,16). The molecule has 0 fully saturated rings. The van der Waals surface area contributed by atoms with E-state index in [1.165, 1.54) is 0 Å². The predicted octanol–water partition coefficient (Wildman–Crippen LogP) is 2.31. The second-order valence-electron chi connectivity index (χ2n) is 3.65. The number of carbonyl (C=O) groups is 1. The second kappa shape index (κ2) is 7.42. The van der Waals surface area contributed by atoms with Gasteiger partial charge in [0.1, 0.15) is 6.61 Å². The fourth-order valence-electron chi connectivity index (χ4n) is 1.27. The first-order chi connectivity index (χ1) is 8.26. The van der Waals surface area contributed by atoms with Crippen LogP contribution in [0.3, 0.4) is 0 Å². The minimum Gasteiger partial charge on any atom is -0.372 e. The third kappa shape index (κ3) is 5.14. The number of carbonyl (C=O) groups excluding carboxylic acids is 1. The topological polar surface area (TPSA) is 62.1 Å². The number of nitrogens with zero attached hydrogens (tertiary/aromatic N) is 1. The molecule has 1 N–H and O–H groups in total. The van der Waals surface area contributed by atoms with Crippen molar-refractivity contribution in [2.24, 2.45) is 0 Å². The van der Waals surface area contributed by atoms with Gasteiger partial charge in [0.05, 0.1) is 11.6 Å². The minimum atomic E-state index is -0.198. The number of rotatable bonds is 6. The fraction of sp³-hybridized carbons (Fsp3) is 0.385. The van der Waals surface area contributed by atoms with Gasteiger partial charge in [-0.25, -0.2) is 0 Å². The summed E-state index contributed by atoms with van der Waals surface area (Å²) in [6.45, 7) is 2.72. The Hall–Kier alpha value is -1.86. The van der Waals surface area contributed by atoms with Crippen LogP contribution in [0.2, 0.25) is 0 Å². The highest BCUT2D eigenvalue weighted by Crippen LogP contribution is 2.09. The Morgan fingerprint density at radius 2 is 2.35 bits per heavy atom. The first kappa shape index (κ1) is 13.2. The van der Waals surface area contributed by atoms with Crippen molar-refractivity contribution >= 4 is 11.6 Å². The maximum atomic E-state index is 11.5. The Morgan fingerprint density at radius 3 is 3.06 bits per heavy atom. The molecule has 1 amide bonds. The molecule has 4 heteroatoms. The highest BCUT2D eigenvalue weighted by atomic mass is 16.5. The molecule has 0 aliphatic rings. The molecule has 0 radical (unpaired) electrons. The van der Waals surface area contributed by atoms with Gasteiger partial charge in [-0.15, -0.1) is 0 Å². The molecule has 4 nitrogen and oxygen atoms in total. The molecule has 1 rings (SSSR count). The number of benzene rings is 1. The molecular formula is C13H16N2O2. The van der Waals surface area contributed by atoms with Crippen molar-refractivity contribution in [1.29, 1.82) is 5.26 Å². The van der Waals surface area contributed by atoms with E-state index in [-0.39, 0.29) is 12.5 Å². The number of ether oxygens (including phenoxy) is 1. The van der Waals surface area contributed by atoms with Crippen molar-refractivity contribution in [2.45, 2.75) is 19.8 Å². The van der Waals surface area contributed by atoms with E-state index in [0.29, 0.717) is 17.9 Å². The van der Waals surface area contributed by atoms with E-state index < -0.39 is 0 Å². The van der Waals surface area contributed by atoms with Gasteiger partial charge in [-0.05, 0) is 24.6 Å². The molecule has 0 aliphatic heterocycles. The number of unbranched alkanes of at least 4 members (excludes halogenated alkanes) is 1. The van der Waals surface area contributed by atoms with Crippen LogP contribution >= 0.6 is 0 Å². The van der Waals surface area contributed by atoms with Gasteiger partial charge in [0.2, 0.25) is 5.91 Å². The maximum absolute atomic E-state index is 11.5. The zero-order valence-corrected chi connectivity index (χ0v) is 9.90. The average Bonchev–Trinajstić information content (AvgIpc) is 2.35. The lowest BCUT2D eigenvalue weighted by atomic mass is 10.2. The number of nitrogens with one attached hydrogen (secondary N) is 1. The van der Waals surface area contributed by atoms with E-state index >= 15 is 0 Å².